The smallest absolute Gasteiger partial charge is 0.411 e. The highest BCUT2D eigenvalue weighted by Gasteiger charge is 2.18. The highest BCUT2D eigenvalue weighted by Crippen LogP contribution is 2.38. The maximum absolute atomic E-state index is 13.1. The number of amides is 1. The van der Waals surface area contributed by atoms with Gasteiger partial charge in [0.05, 0.1) is 14.2 Å². The van der Waals surface area contributed by atoms with Crippen LogP contribution in [0.1, 0.15) is 36.8 Å². The number of anilines is 1. The van der Waals surface area contributed by atoms with E-state index in [1.54, 1.807) is 14.2 Å². The number of benzene rings is 3. The Labute approximate surface area is 205 Å². The molecule has 3 aromatic carbocycles. The van der Waals surface area contributed by atoms with E-state index in [0.717, 1.165) is 36.8 Å². The zero-order chi connectivity index (χ0) is 24.6. The molecular weight excluding hydrogens is 449 g/mol. The van der Waals surface area contributed by atoms with Crippen LogP contribution in [0.25, 0.3) is 0 Å². The summed E-state index contributed by atoms with van der Waals surface area (Å²) in [4.78, 5) is 12.5. The zero-order valence-corrected chi connectivity index (χ0v) is 20.0. The van der Waals surface area contributed by atoms with Crippen molar-refractivity contribution in [2.45, 2.75) is 44.6 Å². The fourth-order valence-corrected chi connectivity index (χ4v) is 4.15. The first-order chi connectivity index (χ1) is 17.0. The SMILES string of the molecule is COc1ccc2cc1Oc1cc(ccc1OC)CCC(OC(=O)Nc1ccc(F)cc1)CCCC2. The Kier molecular flexibility index (Phi) is 8.08. The molecule has 0 spiro atoms. The van der Waals surface area contributed by atoms with Crippen LogP contribution in [0.3, 0.4) is 0 Å². The summed E-state index contributed by atoms with van der Waals surface area (Å²) in [5.74, 6) is 2.18. The summed E-state index contributed by atoms with van der Waals surface area (Å²) in [5, 5.41) is 2.68. The molecule has 1 heterocycles. The second-order valence-electron chi connectivity index (χ2n) is 8.52. The maximum atomic E-state index is 13.1. The second kappa shape index (κ2) is 11.6. The monoisotopic (exact) mass is 479 g/mol. The molecule has 6 nitrogen and oxygen atoms in total. The number of fused-ring (bicyclic) bond motifs is 4. The maximum Gasteiger partial charge on any atom is 0.411 e. The molecule has 0 radical (unpaired) electrons. The molecule has 0 fully saturated rings. The third-order valence-electron chi connectivity index (χ3n) is 6.04. The lowest BCUT2D eigenvalue weighted by atomic mass is 10.00. The van der Waals surface area contributed by atoms with E-state index in [9.17, 15) is 9.18 Å². The Bertz CT molecular complexity index is 1150. The zero-order valence-electron chi connectivity index (χ0n) is 20.0. The van der Waals surface area contributed by atoms with Crippen LogP contribution < -0.4 is 19.5 Å². The number of hydrogen-bond acceptors (Lipinski definition) is 5. The normalized spacial score (nSPS) is 15.8. The van der Waals surface area contributed by atoms with Crippen molar-refractivity contribution in [1.29, 1.82) is 0 Å². The minimum absolute atomic E-state index is 0.253. The largest absolute Gasteiger partial charge is 0.493 e. The number of hydrogen-bond donors (Lipinski definition) is 1. The summed E-state index contributed by atoms with van der Waals surface area (Å²) in [5.41, 5.74) is 2.67. The molecule has 1 unspecified atom stereocenters. The molecule has 1 N–H and O–H groups in total. The van der Waals surface area contributed by atoms with Gasteiger partial charge in [0.1, 0.15) is 11.9 Å². The van der Waals surface area contributed by atoms with Crippen LogP contribution in [0.4, 0.5) is 14.9 Å². The van der Waals surface area contributed by atoms with E-state index < -0.39 is 6.09 Å². The Hall–Kier alpha value is -3.74. The number of nitrogens with one attached hydrogen (secondary N) is 1. The van der Waals surface area contributed by atoms with Crippen LogP contribution in [0.15, 0.2) is 60.7 Å². The molecular formula is C28H30FNO5. The van der Waals surface area contributed by atoms with Gasteiger partial charge >= 0.3 is 6.09 Å². The summed E-state index contributed by atoms with van der Waals surface area (Å²) >= 11 is 0. The van der Waals surface area contributed by atoms with E-state index in [2.05, 4.69) is 5.32 Å². The molecule has 3 aromatic rings. The van der Waals surface area contributed by atoms with E-state index in [-0.39, 0.29) is 11.9 Å². The summed E-state index contributed by atoms with van der Waals surface area (Å²) in [7, 11) is 3.23. The summed E-state index contributed by atoms with van der Waals surface area (Å²) in [6.07, 6.45) is 4.04. The van der Waals surface area contributed by atoms with Gasteiger partial charge in [-0.2, -0.15) is 0 Å². The Morgan fingerprint density at radius 2 is 1.49 bits per heavy atom. The van der Waals surface area contributed by atoms with Crippen molar-refractivity contribution in [3.8, 4) is 23.0 Å². The molecule has 35 heavy (non-hydrogen) atoms. The van der Waals surface area contributed by atoms with E-state index in [4.69, 9.17) is 18.9 Å². The number of ether oxygens (including phenoxy) is 4. The van der Waals surface area contributed by atoms with E-state index >= 15 is 0 Å². The van der Waals surface area contributed by atoms with E-state index in [0.29, 0.717) is 41.5 Å². The van der Waals surface area contributed by atoms with Gasteiger partial charge in [0.25, 0.3) is 0 Å². The van der Waals surface area contributed by atoms with Crippen LogP contribution in [-0.4, -0.2) is 26.4 Å². The Balaban J connectivity index is 1.52. The van der Waals surface area contributed by atoms with Gasteiger partial charge in [-0.05, 0) is 98.2 Å². The summed E-state index contributed by atoms with van der Waals surface area (Å²) in [6, 6.07) is 17.4. The van der Waals surface area contributed by atoms with Crippen LogP contribution in [0.2, 0.25) is 0 Å². The van der Waals surface area contributed by atoms with Gasteiger partial charge in [-0.1, -0.05) is 12.1 Å². The molecule has 1 aliphatic rings. The minimum atomic E-state index is -0.540. The first kappa shape index (κ1) is 24.4. The first-order valence-electron chi connectivity index (χ1n) is 11.8. The van der Waals surface area contributed by atoms with Crippen molar-refractivity contribution in [1.82, 2.24) is 0 Å². The van der Waals surface area contributed by atoms with Crippen molar-refractivity contribution in [2.75, 3.05) is 19.5 Å². The minimum Gasteiger partial charge on any atom is -0.493 e. The van der Waals surface area contributed by atoms with Gasteiger partial charge < -0.3 is 18.9 Å². The predicted octanol–water partition coefficient (Wildman–Crippen LogP) is 6.91. The van der Waals surface area contributed by atoms with Crippen molar-refractivity contribution in [3.63, 3.8) is 0 Å². The van der Waals surface area contributed by atoms with Gasteiger partial charge in [-0.3, -0.25) is 5.32 Å². The first-order valence-corrected chi connectivity index (χ1v) is 11.8. The van der Waals surface area contributed by atoms with Crippen LogP contribution in [0, 0.1) is 5.82 Å². The molecule has 0 saturated heterocycles. The molecule has 4 bridgehead atoms. The van der Waals surface area contributed by atoms with Gasteiger partial charge in [-0.15, -0.1) is 0 Å². The Morgan fingerprint density at radius 3 is 2.11 bits per heavy atom. The molecule has 0 saturated carbocycles. The lowest BCUT2D eigenvalue weighted by Crippen LogP contribution is -2.23. The number of carbonyl (C=O) groups excluding carboxylic acids is 1. The van der Waals surface area contributed by atoms with Crippen molar-refractivity contribution >= 4 is 11.8 Å². The lowest BCUT2D eigenvalue weighted by Gasteiger charge is -2.20. The quantitative estimate of drug-likeness (QED) is 0.440. The molecule has 1 amide bonds. The van der Waals surface area contributed by atoms with Crippen molar-refractivity contribution in [3.05, 3.63) is 77.6 Å². The number of aryl methyl sites for hydroxylation is 2. The van der Waals surface area contributed by atoms with Gasteiger partial charge in [0, 0.05) is 5.69 Å². The molecule has 7 heteroatoms. The average Bonchev–Trinajstić information content (AvgIpc) is 2.86. The topological polar surface area (TPSA) is 66.0 Å². The van der Waals surface area contributed by atoms with E-state index in [1.165, 1.54) is 24.3 Å². The molecule has 184 valence electrons. The number of halogens is 1. The fraction of sp³-hybridized carbons (Fsp3) is 0.321. The lowest BCUT2D eigenvalue weighted by molar-refractivity contribution is 0.0982. The summed E-state index contributed by atoms with van der Waals surface area (Å²) < 4.78 is 36.2. The van der Waals surface area contributed by atoms with Crippen molar-refractivity contribution in [2.24, 2.45) is 0 Å². The number of rotatable bonds is 4. The molecule has 4 rings (SSSR count). The standard InChI is InChI=1S/C28H30FNO5/c1-32-24-15-8-19-5-3-4-6-23(34-28(31)30-22-12-10-21(29)11-13-22)14-7-20-9-16-25(33-2)27(18-20)35-26(24)17-19/h8-13,15-18,23H,3-7,14H2,1-2H3,(H,30,31). The average molecular weight is 480 g/mol. The van der Waals surface area contributed by atoms with Gasteiger partial charge in [0.15, 0.2) is 23.0 Å². The summed E-state index contributed by atoms with van der Waals surface area (Å²) in [6.45, 7) is 0. The highest BCUT2D eigenvalue weighted by molar-refractivity contribution is 5.84. The van der Waals surface area contributed by atoms with Gasteiger partial charge in [0.2, 0.25) is 0 Å². The van der Waals surface area contributed by atoms with E-state index in [1.807, 2.05) is 36.4 Å². The van der Waals surface area contributed by atoms with Crippen molar-refractivity contribution < 1.29 is 28.1 Å². The fourth-order valence-electron chi connectivity index (χ4n) is 4.15. The van der Waals surface area contributed by atoms with Crippen LogP contribution in [0.5, 0.6) is 23.0 Å². The molecule has 0 aromatic heterocycles. The number of methoxy groups -OCH3 is 2. The third-order valence-corrected chi connectivity index (χ3v) is 6.04. The van der Waals surface area contributed by atoms with Crippen LogP contribution >= 0.6 is 0 Å². The van der Waals surface area contributed by atoms with Crippen LogP contribution in [-0.2, 0) is 17.6 Å². The molecule has 0 aliphatic carbocycles. The second-order valence-corrected chi connectivity index (χ2v) is 8.52. The molecule has 1 aliphatic heterocycles. The third kappa shape index (κ3) is 6.66. The molecule has 1 atom stereocenters. The van der Waals surface area contributed by atoms with Gasteiger partial charge in [-0.25, -0.2) is 9.18 Å². The predicted molar refractivity (Wildman–Crippen MR) is 132 cm³/mol. The Morgan fingerprint density at radius 1 is 0.857 bits per heavy atom. The number of carbonyl (C=O) groups is 1. The highest BCUT2D eigenvalue weighted by atomic mass is 19.1.